The molecule has 5 nitrogen and oxygen atoms in total. The molecule has 0 spiro atoms. The van der Waals surface area contributed by atoms with Crippen LogP contribution in [0.15, 0.2) is 24.5 Å². The first-order valence-corrected chi connectivity index (χ1v) is 6.26. The van der Waals surface area contributed by atoms with Crippen LogP contribution in [-0.2, 0) is 20.6 Å². The van der Waals surface area contributed by atoms with Crippen molar-refractivity contribution in [2.24, 2.45) is 19.8 Å². The number of benzene rings is 1. The SMILES string of the molecule is Cc1c(-c2ccc3c(c2)ncn3C)c(CN)nn1C. The number of aryl methyl sites for hydroxylation is 2. The van der Waals surface area contributed by atoms with Crippen LogP contribution in [0.4, 0.5) is 0 Å². The van der Waals surface area contributed by atoms with E-state index in [1.165, 1.54) is 0 Å². The quantitative estimate of drug-likeness (QED) is 0.758. The van der Waals surface area contributed by atoms with Crippen molar-refractivity contribution in [2.75, 3.05) is 0 Å². The molecule has 0 amide bonds. The Morgan fingerprint density at radius 3 is 2.79 bits per heavy atom. The van der Waals surface area contributed by atoms with Crippen molar-refractivity contribution in [3.8, 4) is 11.1 Å². The maximum Gasteiger partial charge on any atom is 0.0955 e. The van der Waals surface area contributed by atoms with Crippen LogP contribution in [0, 0.1) is 6.92 Å². The summed E-state index contributed by atoms with van der Waals surface area (Å²) in [6, 6.07) is 6.29. The average Bonchev–Trinajstić information content (AvgIpc) is 2.91. The van der Waals surface area contributed by atoms with Crippen LogP contribution in [-0.4, -0.2) is 19.3 Å². The van der Waals surface area contributed by atoms with Crippen LogP contribution >= 0.6 is 0 Å². The molecule has 3 rings (SSSR count). The Balaban J connectivity index is 2.24. The topological polar surface area (TPSA) is 61.7 Å². The molecule has 0 radical (unpaired) electrons. The summed E-state index contributed by atoms with van der Waals surface area (Å²) in [4.78, 5) is 4.40. The maximum atomic E-state index is 5.79. The predicted octanol–water partition coefficient (Wildman–Crippen LogP) is 1.74. The smallest absolute Gasteiger partial charge is 0.0955 e. The second-order valence-corrected chi connectivity index (χ2v) is 4.79. The van der Waals surface area contributed by atoms with Crippen molar-refractivity contribution in [1.82, 2.24) is 19.3 Å². The van der Waals surface area contributed by atoms with Gasteiger partial charge in [0.15, 0.2) is 0 Å². The summed E-state index contributed by atoms with van der Waals surface area (Å²) in [6.07, 6.45) is 1.83. The molecule has 98 valence electrons. The molecule has 5 heteroatoms. The third kappa shape index (κ3) is 1.74. The summed E-state index contributed by atoms with van der Waals surface area (Å²) in [5.74, 6) is 0. The van der Waals surface area contributed by atoms with E-state index in [0.29, 0.717) is 6.54 Å². The summed E-state index contributed by atoms with van der Waals surface area (Å²) in [5.41, 5.74) is 12.2. The molecule has 0 aliphatic heterocycles. The zero-order valence-corrected chi connectivity index (χ0v) is 11.4. The molecule has 0 bridgehead atoms. The van der Waals surface area contributed by atoms with Gasteiger partial charge in [0.05, 0.1) is 23.1 Å². The largest absolute Gasteiger partial charge is 0.334 e. The van der Waals surface area contributed by atoms with E-state index in [1.54, 1.807) is 0 Å². The lowest BCUT2D eigenvalue weighted by Gasteiger charge is -2.04. The molecule has 0 saturated heterocycles. The van der Waals surface area contributed by atoms with Crippen molar-refractivity contribution < 1.29 is 0 Å². The van der Waals surface area contributed by atoms with Gasteiger partial charge in [-0.2, -0.15) is 5.10 Å². The van der Waals surface area contributed by atoms with E-state index in [-0.39, 0.29) is 0 Å². The Morgan fingerprint density at radius 1 is 1.26 bits per heavy atom. The van der Waals surface area contributed by atoms with Crippen LogP contribution < -0.4 is 5.73 Å². The standard InChI is InChI=1S/C14H17N5/c1-9-14(12(7-15)17-19(9)3)10-4-5-13-11(6-10)16-8-18(13)2/h4-6,8H,7,15H2,1-3H3. The van der Waals surface area contributed by atoms with Gasteiger partial charge in [-0.1, -0.05) is 6.07 Å². The molecular weight excluding hydrogens is 238 g/mol. The Morgan fingerprint density at radius 2 is 2.05 bits per heavy atom. The first-order chi connectivity index (χ1) is 9.11. The van der Waals surface area contributed by atoms with Gasteiger partial charge in [0, 0.05) is 31.9 Å². The number of hydrogen-bond donors (Lipinski definition) is 1. The van der Waals surface area contributed by atoms with Gasteiger partial charge < -0.3 is 10.3 Å². The summed E-state index contributed by atoms with van der Waals surface area (Å²) >= 11 is 0. The van der Waals surface area contributed by atoms with Crippen LogP contribution in [0.25, 0.3) is 22.2 Å². The number of imidazole rings is 1. The third-order valence-electron chi connectivity index (χ3n) is 3.61. The first kappa shape index (κ1) is 11.9. The van der Waals surface area contributed by atoms with E-state index < -0.39 is 0 Å². The highest BCUT2D eigenvalue weighted by molar-refractivity contribution is 5.83. The highest BCUT2D eigenvalue weighted by atomic mass is 15.3. The number of fused-ring (bicyclic) bond motifs is 1. The van der Waals surface area contributed by atoms with E-state index in [4.69, 9.17) is 5.73 Å². The van der Waals surface area contributed by atoms with Crippen molar-refractivity contribution in [1.29, 1.82) is 0 Å². The third-order valence-corrected chi connectivity index (χ3v) is 3.61. The zero-order chi connectivity index (χ0) is 13.6. The molecular formula is C14H17N5. The van der Waals surface area contributed by atoms with Gasteiger partial charge in [-0.15, -0.1) is 0 Å². The van der Waals surface area contributed by atoms with Gasteiger partial charge in [0.25, 0.3) is 0 Å². The number of aromatic nitrogens is 4. The minimum Gasteiger partial charge on any atom is -0.334 e. The van der Waals surface area contributed by atoms with Crippen molar-refractivity contribution in [2.45, 2.75) is 13.5 Å². The second kappa shape index (κ2) is 4.20. The molecule has 0 atom stereocenters. The van der Waals surface area contributed by atoms with Crippen molar-refractivity contribution in [3.63, 3.8) is 0 Å². The van der Waals surface area contributed by atoms with E-state index in [1.807, 2.05) is 29.7 Å². The fraction of sp³-hybridized carbons (Fsp3) is 0.286. The molecule has 0 aliphatic carbocycles. The summed E-state index contributed by atoms with van der Waals surface area (Å²) in [6.45, 7) is 2.50. The molecule has 0 fully saturated rings. The lowest BCUT2D eigenvalue weighted by Crippen LogP contribution is -1.99. The molecule has 3 aromatic rings. The molecule has 1 aromatic carbocycles. The lowest BCUT2D eigenvalue weighted by atomic mass is 10.0. The van der Waals surface area contributed by atoms with Gasteiger partial charge in [0.1, 0.15) is 0 Å². The molecule has 2 N–H and O–H groups in total. The minimum absolute atomic E-state index is 0.442. The molecule has 0 unspecified atom stereocenters. The van der Waals surface area contributed by atoms with Crippen molar-refractivity contribution >= 4 is 11.0 Å². The number of nitrogens with two attached hydrogens (primary N) is 1. The lowest BCUT2D eigenvalue weighted by molar-refractivity contribution is 0.721. The fourth-order valence-corrected chi connectivity index (χ4v) is 2.49. The van der Waals surface area contributed by atoms with Gasteiger partial charge in [-0.25, -0.2) is 4.98 Å². The summed E-state index contributed by atoms with van der Waals surface area (Å²) in [5, 5.41) is 4.46. The van der Waals surface area contributed by atoms with E-state index >= 15 is 0 Å². The molecule has 19 heavy (non-hydrogen) atoms. The molecule has 0 aliphatic rings. The van der Waals surface area contributed by atoms with E-state index in [2.05, 4.69) is 35.2 Å². The van der Waals surface area contributed by atoms with Gasteiger partial charge in [-0.05, 0) is 24.6 Å². The second-order valence-electron chi connectivity index (χ2n) is 4.79. The van der Waals surface area contributed by atoms with E-state index in [9.17, 15) is 0 Å². The molecule has 0 saturated carbocycles. The Hall–Kier alpha value is -2.14. The van der Waals surface area contributed by atoms with Crippen molar-refractivity contribution in [3.05, 3.63) is 35.9 Å². The summed E-state index contributed by atoms with van der Waals surface area (Å²) < 4.78 is 3.89. The van der Waals surface area contributed by atoms with Crippen LogP contribution in [0.3, 0.4) is 0 Å². The predicted molar refractivity (Wildman–Crippen MR) is 75.5 cm³/mol. The van der Waals surface area contributed by atoms with E-state index in [0.717, 1.165) is 33.5 Å². The number of nitrogens with zero attached hydrogens (tertiary/aromatic N) is 4. The highest BCUT2D eigenvalue weighted by Crippen LogP contribution is 2.29. The minimum atomic E-state index is 0.442. The molecule has 2 aromatic heterocycles. The number of rotatable bonds is 2. The maximum absolute atomic E-state index is 5.79. The average molecular weight is 255 g/mol. The van der Waals surface area contributed by atoms with Crippen LogP contribution in [0.1, 0.15) is 11.4 Å². The normalized spacial score (nSPS) is 11.4. The Bertz CT molecular complexity index is 751. The van der Waals surface area contributed by atoms with Crippen LogP contribution in [0.5, 0.6) is 0 Å². The van der Waals surface area contributed by atoms with Gasteiger partial charge in [0.2, 0.25) is 0 Å². The Kier molecular flexibility index (Phi) is 2.64. The first-order valence-electron chi connectivity index (χ1n) is 6.26. The molecule has 2 heterocycles. The highest BCUT2D eigenvalue weighted by Gasteiger charge is 2.14. The monoisotopic (exact) mass is 255 g/mol. The Labute approximate surface area is 111 Å². The zero-order valence-electron chi connectivity index (χ0n) is 11.4. The van der Waals surface area contributed by atoms with Gasteiger partial charge >= 0.3 is 0 Å². The van der Waals surface area contributed by atoms with Crippen LogP contribution in [0.2, 0.25) is 0 Å². The van der Waals surface area contributed by atoms with Gasteiger partial charge in [-0.3, -0.25) is 4.68 Å². The summed E-state index contributed by atoms with van der Waals surface area (Å²) in [7, 11) is 3.94. The number of hydrogen-bond acceptors (Lipinski definition) is 3. The fourth-order valence-electron chi connectivity index (χ4n) is 2.49.